The van der Waals surface area contributed by atoms with Crippen molar-refractivity contribution >= 4 is 21.6 Å². The van der Waals surface area contributed by atoms with Crippen LogP contribution in [0, 0.1) is 5.82 Å². The van der Waals surface area contributed by atoms with Gasteiger partial charge in [-0.05, 0) is 36.8 Å². The van der Waals surface area contributed by atoms with Gasteiger partial charge in [0.1, 0.15) is 5.82 Å². The van der Waals surface area contributed by atoms with Crippen LogP contribution in [0.15, 0.2) is 47.6 Å². The molecule has 106 valence electrons. The van der Waals surface area contributed by atoms with Gasteiger partial charge in [-0.15, -0.1) is 0 Å². The lowest BCUT2D eigenvalue weighted by Crippen LogP contribution is -2.27. The summed E-state index contributed by atoms with van der Waals surface area (Å²) in [6.45, 7) is 1.69. The zero-order chi connectivity index (χ0) is 14.8. The van der Waals surface area contributed by atoms with Crippen LogP contribution >= 0.6 is 11.6 Å². The first kappa shape index (κ1) is 14.9. The van der Waals surface area contributed by atoms with E-state index in [0.29, 0.717) is 0 Å². The Labute approximate surface area is 121 Å². The second-order valence-electron chi connectivity index (χ2n) is 4.21. The third kappa shape index (κ3) is 3.33. The van der Waals surface area contributed by atoms with E-state index in [4.69, 9.17) is 11.6 Å². The predicted octanol–water partition coefficient (Wildman–Crippen LogP) is 2.91. The highest BCUT2D eigenvalue weighted by Crippen LogP contribution is 2.21. The molecule has 0 aliphatic heterocycles. The van der Waals surface area contributed by atoms with Crippen molar-refractivity contribution in [1.82, 2.24) is 9.71 Å². The van der Waals surface area contributed by atoms with Crippen molar-refractivity contribution in [2.75, 3.05) is 0 Å². The van der Waals surface area contributed by atoms with E-state index in [1.807, 2.05) is 0 Å². The third-order valence-electron chi connectivity index (χ3n) is 2.72. The fourth-order valence-electron chi connectivity index (χ4n) is 1.64. The zero-order valence-electron chi connectivity index (χ0n) is 10.5. The lowest BCUT2D eigenvalue weighted by Gasteiger charge is -2.14. The van der Waals surface area contributed by atoms with Crippen LogP contribution in [0.5, 0.6) is 0 Å². The Morgan fingerprint density at radius 1 is 1.35 bits per heavy atom. The van der Waals surface area contributed by atoms with E-state index in [-0.39, 0.29) is 9.92 Å². The molecule has 0 radical (unpaired) electrons. The molecule has 7 heteroatoms. The SMILES string of the molecule is C[C@@H](NS(=O)(=O)c1ccc(F)c(Cl)c1)c1cccnc1. The summed E-state index contributed by atoms with van der Waals surface area (Å²) in [7, 11) is -3.78. The van der Waals surface area contributed by atoms with Crippen molar-refractivity contribution in [2.24, 2.45) is 0 Å². The molecule has 1 aromatic carbocycles. The second kappa shape index (κ2) is 5.87. The van der Waals surface area contributed by atoms with Crippen molar-refractivity contribution in [3.8, 4) is 0 Å². The normalized spacial score (nSPS) is 13.2. The molecule has 0 aliphatic rings. The van der Waals surface area contributed by atoms with Gasteiger partial charge in [0.25, 0.3) is 0 Å². The largest absolute Gasteiger partial charge is 0.264 e. The quantitative estimate of drug-likeness (QED) is 0.944. The van der Waals surface area contributed by atoms with Gasteiger partial charge >= 0.3 is 0 Å². The highest BCUT2D eigenvalue weighted by Gasteiger charge is 2.19. The Kier molecular flexibility index (Phi) is 4.37. The van der Waals surface area contributed by atoms with Crippen molar-refractivity contribution in [1.29, 1.82) is 0 Å². The summed E-state index contributed by atoms with van der Waals surface area (Å²) in [4.78, 5) is 3.85. The Morgan fingerprint density at radius 3 is 2.70 bits per heavy atom. The molecule has 1 heterocycles. The molecule has 4 nitrogen and oxygen atoms in total. The highest BCUT2D eigenvalue weighted by atomic mass is 35.5. The number of hydrogen-bond donors (Lipinski definition) is 1. The van der Waals surface area contributed by atoms with Gasteiger partial charge < -0.3 is 0 Å². The zero-order valence-corrected chi connectivity index (χ0v) is 12.1. The molecule has 0 bridgehead atoms. The summed E-state index contributed by atoms with van der Waals surface area (Å²) in [6, 6.07) is 6.28. The van der Waals surface area contributed by atoms with Crippen LogP contribution in [-0.4, -0.2) is 13.4 Å². The minimum Gasteiger partial charge on any atom is -0.264 e. The van der Waals surface area contributed by atoms with Gasteiger partial charge in [-0.25, -0.2) is 17.5 Å². The summed E-state index contributed by atoms with van der Waals surface area (Å²) in [5.41, 5.74) is 0.726. The highest BCUT2D eigenvalue weighted by molar-refractivity contribution is 7.89. The number of nitrogens with one attached hydrogen (secondary N) is 1. The molecule has 2 rings (SSSR count). The first-order valence-corrected chi connectivity index (χ1v) is 7.63. The molecule has 1 atom stereocenters. The van der Waals surface area contributed by atoms with Gasteiger partial charge in [0.05, 0.1) is 9.92 Å². The monoisotopic (exact) mass is 314 g/mol. The van der Waals surface area contributed by atoms with E-state index in [0.717, 1.165) is 17.7 Å². The van der Waals surface area contributed by atoms with E-state index in [9.17, 15) is 12.8 Å². The molecule has 0 unspecified atom stereocenters. The van der Waals surface area contributed by atoms with Crippen molar-refractivity contribution < 1.29 is 12.8 Å². The molecule has 1 N–H and O–H groups in total. The van der Waals surface area contributed by atoms with Gasteiger partial charge in [-0.3, -0.25) is 4.98 Å². The Morgan fingerprint density at radius 2 is 2.10 bits per heavy atom. The molecule has 0 fully saturated rings. The van der Waals surface area contributed by atoms with E-state index in [1.54, 1.807) is 31.5 Å². The first-order chi connectivity index (χ1) is 9.40. The average molecular weight is 315 g/mol. The van der Waals surface area contributed by atoms with Crippen LogP contribution in [-0.2, 0) is 10.0 Å². The molecule has 0 saturated carbocycles. The smallest absolute Gasteiger partial charge is 0.241 e. The van der Waals surface area contributed by atoms with E-state index in [2.05, 4.69) is 9.71 Å². The maximum atomic E-state index is 13.1. The van der Waals surface area contributed by atoms with Crippen molar-refractivity contribution in [3.05, 3.63) is 59.1 Å². The van der Waals surface area contributed by atoms with E-state index in [1.165, 1.54) is 6.07 Å². The maximum Gasteiger partial charge on any atom is 0.241 e. The summed E-state index contributed by atoms with van der Waals surface area (Å²) < 4.78 is 39.9. The lowest BCUT2D eigenvalue weighted by molar-refractivity contribution is 0.566. The van der Waals surface area contributed by atoms with Crippen molar-refractivity contribution in [3.63, 3.8) is 0 Å². The van der Waals surface area contributed by atoms with Gasteiger partial charge in [0.2, 0.25) is 10.0 Å². The number of hydrogen-bond acceptors (Lipinski definition) is 3. The summed E-state index contributed by atoms with van der Waals surface area (Å²) >= 11 is 5.60. The van der Waals surface area contributed by atoms with Crippen LogP contribution in [0.25, 0.3) is 0 Å². The second-order valence-corrected chi connectivity index (χ2v) is 6.33. The summed E-state index contributed by atoms with van der Waals surface area (Å²) in [6.07, 6.45) is 3.18. The Balaban J connectivity index is 2.25. The molecule has 0 amide bonds. The minimum atomic E-state index is -3.78. The van der Waals surface area contributed by atoms with Gasteiger partial charge in [-0.2, -0.15) is 0 Å². The summed E-state index contributed by atoms with van der Waals surface area (Å²) in [5, 5.41) is -0.234. The van der Waals surface area contributed by atoms with Gasteiger partial charge in [0.15, 0.2) is 0 Å². The molecule has 0 saturated heterocycles. The van der Waals surface area contributed by atoms with Crippen LogP contribution in [0.3, 0.4) is 0 Å². The van der Waals surface area contributed by atoms with Crippen LogP contribution in [0.4, 0.5) is 4.39 Å². The molecule has 20 heavy (non-hydrogen) atoms. The number of rotatable bonds is 4. The molecule has 1 aromatic heterocycles. The van der Waals surface area contributed by atoms with Gasteiger partial charge in [-0.1, -0.05) is 17.7 Å². The van der Waals surface area contributed by atoms with E-state index < -0.39 is 21.9 Å². The number of benzene rings is 1. The fourth-order valence-corrected chi connectivity index (χ4v) is 3.15. The number of nitrogens with zero attached hydrogens (tertiary/aromatic N) is 1. The van der Waals surface area contributed by atoms with Crippen LogP contribution < -0.4 is 4.72 Å². The third-order valence-corrected chi connectivity index (χ3v) is 4.55. The van der Waals surface area contributed by atoms with E-state index >= 15 is 0 Å². The topological polar surface area (TPSA) is 59.1 Å². The standard InChI is InChI=1S/C13H12ClFN2O2S/c1-9(10-3-2-6-16-8-10)17-20(18,19)11-4-5-13(15)12(14)7-11/h2-9,17H,1H3/t9-/m1/s1. The molecule has 0 aliphatic carbocycles. The van der Waals surface area contributed by atoms with Crippen molar-refractivity contribution in [2.45, 2.75) is 17.9 Å². The van der Waals surface area contributed by atoms with Crippen LogP contribution in [0.2, 0.25) is 5.02 Å². The van der Waals surface area contributed by atoms with Gasteiger partial charge in [0, 0.05) is 18.4 Å². The number of aromatic nitrogens is 1. The predicted molar refractivity (Wildman–Crippen MR) is 74.4 cm³/mol. The molecular weight excluding hydrogens is 303 g/mol. The Bertz CT molecular complexity index is 708. The number of sulfonamides is 1. The average Bonchev–Trinajstić information content (AvgIpc) is 2.42. The fraction of sp³-hybridized carbons (Fsp3) is 0.154. The van der Waals surface area contributed by atoms with Crippen LogP contribution in [0.1, 0.15) is 18.5 Å². The first-order valence-electron chi connectivity index (χ1n) is 5.77. The maximum absolute atomic E-state index is 13.1. The number of halogens is 2. The minimum absolute atomic E-state index is 0.0837. The molecular formula is C13H12ClFN2O2S. The Hall–Kier alpha value is -1.50. The lowest BCUT2D eigenvalue weighted by atomic mass is 10.2. The number of pyridine rings is 1. The molecule has 2 aromatic rings. The summed E-state index contributed by atoms with van der Waals surface area (Å²) in [5.74, 6) is -0.661. The molecule has 0 spiro atoms.